The van der Waals surface area contributed by atoms with Crippen LogP contribution in [0.15, 0.2) is 36.4 Å². The Morgan fingerprint density at radius 1 is 0.611 bits per heavy atom. The molecular weight excluding hydrogens is 694 g/mol. The van der Waals surface area contributed by atoms with Crippen molar-refractivity contribution in [1.29, 1.82) is 0 Å². The summed E-state index contributed by atoms with van der Waals surface area (Å²) in [5.41, 5.74) is 3.05. The molecule has 0 nitrogen and oxygen atoms in total. The van der Waals surface area contributed by atoms with E-state index in [1.54, 1.807) is 10.4 Å². The smallest absolute Gasteiger partial charge is 1.00 e. The molecule has 36 heavy (non-hydrogen) atoms. The van der Waals surface area contributed by atoms with Gasteiger partial charge < -0.3 is 24.8 Å². The summed E-state index contributed by atoms with van der Waals surface area (Å²) in [5.74, 6) is 1.35. The summed E-state index contributed by atoms with van der Waals surface area (Å²) in [4.78, 5) is 0. The summed E-state index contributed by atoms with van der Waals surface area (Å²) in [6.45, 7) is 27.8. The van der Waals surface area contributed by atoms with Crippen molar-refractivity contribution in [3.8, 4) is 0 Å². The fourth-order valence-corrected chi connectivity index (χ4v) is 12.3. The standard InChI is InChI=1S/2C14H25Si.C2H7Si.2ClH.Hf/c2*1-6-15(7-2,8-3)14-10-9-13(11-14)12(4)5;1-3-2;;;/h2*9-12H,6-8H2,1-5H3;3H,1-2H3;2*1H;/q2*-1;;;;+4/p-2. The van der Waals surface area contributed by atoms with Crippen molar-refractivity contribution >= 4 is 36.0 Å². The van der Waals surface area contributed by atoms with E-state index in [1.807, 2.05) is 0 Å². The van der Waals surface area contributed by atoms with Crippen LogP contribution < -0.4 is 35.2 Å². The first-order valence-corrected chi connectivity index (χ1v) is 21.4. The van der Waals surface area contributed by atoms with Gasteiger partial charge >= 0.3 is 25.8 Å². The van der Waals surface area contributed by atoms with Gasteiger partial charge in [-0.25, -0.2) is 22.5 Å². The maximum atomic E-state index is 2.48. The van der Waals surface area contributed by atoms with Gasteiger partial charge in [-0.3, -0.25) is 0 Å². The summed E-state index contributed by atoms with van der Waals surface area (Å²) in [6, 6.07) is 22.8. The average Bonchev–Trinajstić information content (AvgIpc) is 3.50. The van der Waals surface area contributed by atoms with Crippen molar-refractivity contribution in [2.45, 2.75) is 130 Å². The molecule has 1 radical (unpaired) electrons. The van der Waals surface area contributed by atoms with Crippen LogP contribution in [0.3, 0.4) is 0 Å². The van der Waals surface area contributed by atoms with Gasteiger partial charge in [0, 0.05) is 25.7 Å². The minimum Gasteiger partial charge on any atom is -1.00 e. The van der Waals surface area contributed by atoms with E-state index in [2.05, 4.69) is 119 Å². The van der Waals surface area contributed by atoms with Crippen molar-refractivity contribution in [1.82, 2.24) is 0 Å². The van der Waals surface area contributed by atoms with Crippen LogP contribution in [0.5, 0.6) is 0 Å². The predicted octanol–water partition coefficient (Wildman–Crippen LogP) is 3.01. The second kappa shape index (κ2) is 22.6. The van der Waals surface area contributed by atoms with Crippen molar-refractivity contribution in [2.75, 3.05) is 0 Å². The number of hydrogen-bond acceptors (Lipinski definition) is 0. The van der Waals surface area contributed by atoms with Crippen LogP contribution in [0.2, 0.25) is 49.4 Å². The Labute approximate surface area is 262 Å². The topological polar surface area (TPSA) is 0 Å². The van der Waals surface area contributed by atoms with Crippen molar-refractivity contribution < 1.29 is 50.7 Å². The molecule has 0 aliphatic carbocycles. The molecule has 0 saturated carbocycles. The fraction of sp³-hybridized carbons (Fsp3) is 0.667. The average molecular weight is 751 g/mol. The van der Waals surface area contributed by atoms with Crippen molar-refractivity contribution in [3.63, 3.8) is 0 Å². The molecule has 0 aliphatic rings. The third-order valence-corrected chi connectivity index (χ3v) is 19.4. The van der Waals surface area contributed by atoms with E-state index in [9.17, 15) is 0 Å². The zero-order valence-corrected chi connectivity index (χ0v) is 34.0. The van der Waals surface area contributed by atoms with Gasteiger partial charge in [-0.2, -0.15) is 35.4 Å². The van der Waals surface area contributed by atoms with E-state index in [0.717, 1.165) is 9.52 Å². The third-order valence-electron chi connectivity index (χ3n) is 8.17. The Balaban J connectivity index is -0.000000238. The number of hydrogen-bond donors (Lipinski definition) is 0. The Morgan fingerprint density at radius 2 is 0.833 bits per heavy atom. The van der Waals surface area contributed by atoms with Crippen LogP contribution in [0.25, 0.3) is 0 Å². The Bertz CT molecular complexity index is 666. The normalized spacial score (nSPS) is 10.8. The zero-order valence-electron chi connectivity index (χ0n) is 25.7. The number of halogens is 2. The first kappa shape index (κ1) is 43.8. The Hall–Kier alpha value is 0.801. The van der Waals surface area contributed by atoms with Gasteiger partial charge in [0.05, 0.1) is 0 Å². The molecule has 0 atom stereocenters. The van der Waals surface area contributed by atoms with Crippen LogP contribution in [-0.2, 0) is 25.8 Å². The minimum absolute atomic E-state index is 0. The maximum absolute atomic E-state index is 2.48. The molecule has 6 heteroatoms. The molecular formula is C30H57Cl2HfSi3. The van der Waals surface area contributed by atoms with Crippen LogP contribution in [0, 0.1) is 0 Å². The first-order chi connectivity index (χ1) is 15.6. The van der Waals surface area contributed by atoms with E-state index in [0.29, 0.717) is 11.8 Å². The quantitative estimate of drug-likeness (QED) is 0.259. The second-order valence-electron chi connectivity index (χ2n) is 10.4. The summed E-state index contributed by atoms with van der Waals surface area (Å²) in [7, 11) is -1.49. The molecule has 0 bridgehead atoms. The monoisotopic (exact) mass is 751 g/mol. The predicted molar refractivity (Wildman–Crippen MR) is 165 cm³/mol. The Morgan fingerprint density at radius 3 is 0.972 bits per heavy atom. The molecule has 0 unspecified atom stereocenters. The van der Waals surface area contributed by atoms with Gasteiger partial charge in [-0.05, 0) is 11.8 Å². The largest absolute Gasteiger partial charge is 4.00 e. The summed E-state index contributed by atoms with van der Waals surface area (Å²) in [5, 5.41) is 3.39. The molecule has 0 spiro atoms. The van der Waals surface area contributed by atoms with Gasteiger partial charge in [-0.1, -0.05) is 119 Å². The van der Waals surface area contributed by atoms with Crippen molar-refractivity contribution in [3.05, 3.63) is 47.5 Å². The van der Waals surface area contributed by atoms with Gasteiger partial charge in [-0.15, -0.1) is 0 Å². The maximum Gasteiger partial charge on any atom is 4.00 e. The molecule has 0 fully saturated rings. The van der Waals surface area contributed by atoms with Crippen LogP contribution in [0.4, 0.5) is 0 Å². The van der Waals surface area contributed by atoms with E-state index in [1.165, 1.54) is 47.4 Å². The fourth-order valence-electron chi connectivity index (χ4n) is 5.03. The molecule has 207 valence electrons. The molecule has 0 N–H and O–H groups in total. The summed E-state index contributed by atoms with van der Waals surface area (Å²) < 4.78 is 0. The minimum atomic E-state index is -1.12. The molecule has 0 heterocycles. The molecule has 2 aromatic rings. The van der Waals surface area contributed by atoms with Crippen LogP contribution >= 0.6 is 0 Å². The van der Waals surface area contributed by atoms with Gasteiger partial charge in [0.1, 0.15) is 0 Å². The molecule has 2 aromatic carbocycles. The molecule has 2 rings (SSSR count). The van der Waals surface area contributed by atoms with Gasteiger partial charge in [0.25, 0.3) is 0 Å². The number of rotatable bonds is 10. The Kier molecular flexibility index (Phi) is 27.5. The van der Waals surface area contributed by atoms with Crippen molar-refractivity contribution in [2.24, 2.45) is 0 Å². The molecule has 0 saturated heterocycles. The van der Waals surface area contributed by atoms with E-state index in [-0.39, 0.29) is 50.7 Å². The summed E-state index contributed by atoms with van der Waals surface area (Å²) >= 11 is 0. The summed E-state index contributed by atoms with van der Waals surface area (Å²) in [6.07, 6.45) is 0. The van der Waals surface area contributed by atoms with Crippen LogP contribution in [-0.4, -0.2) is 25.7 Å². The first-order valence-electron chi connectivity index (χ1n) is 13.9. The van der Waals surface area contributed by atoms with E-state index < -0.39 is 16.1 Å². The van der Waals surface area contributed by atoms with E-state index in [4.69, 9.17) is 0 Å². The zero-order chi connectivity index (χ0) is 25.7. The van der Waals surface area contributed by atoms with Gasteiger partial charge in [0.2, 0.25) is 0 Å². The van der Waals surface area contributed by atoms with Crippen LogP contribution in [0.1, 0.15) is 92.2 Å². The van der Waals surface area contributed by atoms with E-state index >= 15 is 0 Å². The third kappa shape index (κ3) is 12.3. The molecule has 0 amide bonds. The molecule has 0 aliphatic heterocycles. The molecule has 0 aromatic heterocycles. The second-order valence-corrected chi connectivity index (χ2v) is 22.1. The van der Waals surface area contributed by atoms with Gasteiger partial charge in [0.15, 0.2) is 0 Å². The SMILES string of the molecule is CC[Si](CC)(CC)c1c[cH-]c(C(C)C)c1.CC[Si](CC)(CC)c1c[cH-]c(C(C)C)c1.C[SiH]C.[Cl-].[Cl-].[Hf+4].